The van der Waals surface area contributed by atoms with Gasteiger partial charge in [-0.25, -0.2) is 0 Å². The van der Waals surface area contributed by atoms with Crippen molar-refractivity contribution in [3.8, 4) is 11.5 Å². The second-order valence-electron chi connectivity index (χ2n) is 6.34. The van der Waals surface area contributed by atoms with E-state index in [0.29, 0.717) is 17.9 Å². The van der Waals surface area contributed by atoms with Crippen LogP contribution in [0.2, 0.25) is 0 Å². The maximum Gasteiger partial charge on any atom is 0.124 e. The SMILES string of the molecule is COc1ccc(O)c(C=NCc2ccc(C(C)(C)C)cc2)c1. The molecular formula is C19H23NO2. The molecule has 1 N–H and O–H groups in total. The van der Waals surface area contributed by atoms with Crippen molar-refractivity contribution >= 4 is 6.21 Å². The molecule has 0 bridgehead atoms. The first-order valence-corrected chi connectivity index (χ1v) is 7.36. The summed E-state index contributed by atoms with van der Waals surface area (Å²) in [6.07, 6.45) is 1.68. The van der Waals surface area contributed by atoms with Crippen LogP contribution in [-0.4, -0.2) is 18.4 Å². The van der Waals surface area contributed by atoms with Gasteiger partial charge in [-0.15, -0.1) is 0 Å². The minimum Gasteiger partial charge on any atom is -0.507 e. The van der Waals surface area contributed by atoms with Crippen molar-refractivity contribution in [2.45, 2.75) is 32.7 Å². The van der Waals surface area contributed by atoms with E-state index in [9.17, 15) is 5.11 Å². The quantitative estimate of drug-likeness (QED) is 0.854. The van der Waals surface area contributed by atoms with Gasteiger partial charge in [-0.2, -0.15) is 0 Å². The van der Waals surface area contributed by atoms with Crippen LogP contribution in [-0.2, 0) is 12.0 Å². The average molecular weight is 297 g/mol. The summed E-state index contributed by atoms with van der Waals surface area (Å²) < 4.78 is 5.15. The minimum absolute atomic E-state index is 0.161. The molecule has 0 saturated carbocycles. The molecule has 3 nitrogen and oxygen atoms in total. The van der Waals surface area contributed by atoms with Gasteiger partial charge in [-0.3, -0.25) is 4.99 Å². The van der Waals surface area contributed by atoms with Gasteiger partial charge in [0.15, 0.2) is 0 Å². The molecule has 0 aliphatic rings. The van der Waals surface area contributed by atoms with Gasteiger partial charge in [0, 0.05) is 11.8 Å². The number of ether oxygens (including phenoxy) is 1. The van der Waals surface area contributed by atoms with Crippen LogP contribution in [0.1, 0.15) is 37.5 Å². The fourth-order valence-electron chi connectivity index (χ4n) is 2.12. The average Bonchev–Trinajstić information content (AvgIpc) is 2.49. The number of rotatable bonds is 4. The van der Waals surface area contributed by atoms with Gasteiger partial charge in [-0.05, 0) is 34.7 Å². The second kappa shape index (κ2) is 6.65. The molecule has 0 amide bonds. The fraction of sp³-hybridized carbons (Fsp3) is 0.316. The Bertz CT molecular complexity index is 652. The van der Waals surface area contributed by atoms with E-state index in [2.05, 4.69) is 50.0 Å². The maximum absolute atomic E-state index is 9.81. The highest BCUT2D eigenvalue weighted by Gasteiger charge is 2.12. The number of phenols is 1. The van der Waals surface area contributed by atoms with Gasteiger partial charge in [-0.1, -0.05) is 45.0 Å². The molecule has 0 spiro atoms. The van der Waals surface area contributed by atoms with Crippen molar-refractivity contribution in [1.82, 2.24) is 0 Å². The third kappa shape index (κ3) is 4.10. The van der Waals surface area contributed by atoms with E-state index in [1.54, 1.807) is 31.5 Å². The van der Waals surface area contributed by atoms with Crippen LogP contribution < -0.4 is 4.74 Å². The lowest BCUT2D eigenvalue weighted by Crippen LogP contribution is -2.10. The highest BCUT2D eigenvalue weighted by Crippen LogP contribution is 2.23. The van der Waals surface area contributed by atoms with E-state index >= 15 is 0 Å². The van der Waals surface area contributed by atoms with Gasteiger partial charge in [0.2, 0.25) is 0 Å². The molecule has 0 fully saturated rings. The molecule has 0 unspecified atom stereocenters. The molecule has 2 rings (SSSR count). The lowest BCUT2D eigenvalue weighted by molar-refractivity contribution is 0.412. The van der Waals surface area contributed by atoms with Crippen molar-refractivity contribution in [2.24, 2.45) is 4.99 Å². The maximum atomic E-state index is 9.81. The number of methoxy groups -OCH3 is 1. The summed E-state index contributed by atoms with van der Waals surface area (Å²) in [7, 11) is 1.60. The number of aromatic hydroxyl groups is 1. The molecule has 0 aromatic heterocycles. The predicted molar refractivity (Wildman–Crippen MR) is 91.1 cm³/mol. The third-order valence-electron chi connectivity index (χ3n) is 3.56. The standard InChI is InChI=1S/C19H23NO2/c1-19(2,3)16-7-5-14(6-8-16)12-20-13-15-11-17(22-4)9-10-18(15)21/h5-11,13,21H,12H2,1-4H3. The van der Waals surface area contributed by atoms with Crippen LogP contribution in [0.3, 0.4) is 0 Å². The summed E-state index contributed by atoms with van der Waals surface area (Å²) in [4.78, 5) is 4.40. The number of hydrogen-bond acceptors (Lipinski definition) is 3. The number of nitrogens with zero attached hydrogens (tertiary/aromatic N) is 1. The summed E-state index contributed by atoms with van der Waals surface area (Å²) in [5.41, 5.74) is 3.27. The lowest BCUT2D eigenvalue weighted by Gasteiger charge is -2.18. The van der Waals surface area contributed by atoms with E-state index < -0.39 is 0 Å². The zero-order valence-electron chi connectivity index (χ0n) is 13.6. The molecule has 0 aliphatic heterocycles. The zero-order chi connectivity index (χ0) is 16.2. The molecule has 2 aromatic carbocycles. The van der Waals surface area contributed by atoms with E-state index in [4.69, 9.17) is 4.74 Å². The zero-order valence-corrected chi connectivity index (χ0v) is 13.6. The molecular weight excluding hydrogens is 274 g/mol. The van der Waals surface area contributed by atoms with Crippen molar-refractivity contribution < 1.29 is 9.84 Å². The van der Waals surface area contributed by atoms with Crippen molar-refractivity contribution in [1.29, 1.82) is 0 Å². The first kappa shape index (κ1) is 16.1. The Hall–Kier alpha value is -2.29. The molecule has 0 saturated heterocycles. The Morgan fingerprint density at radius 2 is 1.77 bits per heavy atom. The number of phenolic OH excluding ortho intramolecular Hbond substituents is 1. The molecule has 116 valence electrons. The van der Waals surface area contributed by atoms with Crippen LogP contribution in [0.4, 0.5) is 0 Å². The summed E-state index contributed by atoms with van der Waals surface area (Å²) in [6.45, 7) is 7.18. The van der Waals surface area contributed by atoms with Crippen molar-refractivity contribution in [3.05, 3.63) is 59.2 Å². The Balaban J connectivity index is 2.06. The number of benzene rings is 2. The Kier molecular flexibility index (Phi) is 4.86. The molecule has 0 radical (unpaired) electrons. The summed E-state index contributed by atoms with van der Waals surface area (Å²) >= 11 is 0. The first-order valence-electron chi connectivity index (χ1n) is 7.36. The summed E-state index contributed by atoms with van der Waals surface area (Å²) in [6, 6.07) is 13.6. The summed E-state index contributed by atoms with van der Waals surface area (Å²) in [5, 5.41) is 9.81. The topological polar surface area (TPSA) is 41.8 Å². The first-order chi connectivity index (χ1) is 10.4. The van der Waals surface area contributed by atoms with Crippen LogP contribution >= 0.6 is 0 Å². The van der Waals surface area contributed by atoms with E-state index in [1.165, 1.54) is 5.56 Å². The van der Waals surface area contributed by atoms with Crippen LogP contribution in [0.5, 0.6) is 11.5 Å². The van der Waals surface area contributed by atoms with Crippen molar-refractivity contribution in [3.63, 3.8) is 0 Å². The van der Waals surface area contributed by atoms with E-state index in [1.807, 2.05) is 0 Å². The van der Waals surface area contributed by atoms with Crippen LogP contribution in [0.25, 0.3) is 0 Å². The van der Waals surface area contributed by atoms with E-state index in [0.717, 1.165) is 5.56 Å². The van der Waals surface area contributed by atoms with Crippen molar-refractivity contribution in [2.75, 3.05) is 7.11 Å². The van der Waals surface area contributed by atoms with Gasteiger partial charge < -0.3 is 9.84 Å². The van der Waals surface area contributed by atoms with Crippen LogP contribution in [0, 0.1) is 0 Å². The predicted octanol–water partition coefficient (Wildman–Crippen LogP) is 4.32. The molecule has 0 aliphatic carbocycles. The van der Waals surface area contributed by atoms with Gasteiger partial charge in [0.05, 0.1) is 13.7 Å². The molecule has 0 atom stereocenters. The Labute approximate surface area is 132 Å². The second-order valence-corrected chi connectivity index (χ2v) is 6.34. The van der Waals surface area contributed by atoms with Gasteiger partial charge in [0.25, 0.3) is 0 Å². The molecule has 2 aromatic rings. The molecule has 0 heterocycles. The largest absolute Gasteiger partial charge is 0.507 e. The smallest absolute Gasteiger partial charge is 0.124 e. The fourth-order valence-corrected chi connectivity index (χ4v) is 2.12. The van der Waals surface area contributed by atoms with Crippen LogP contribution in [0.15, 0.2) is 47.5 Å². The number of aliphatic imine (C=N–C) groups is 1. The van der Waals surface area contributed by atoms with E-state index in [-0.39, 0.29) is 11.2 Å². The third-order valence-corrected chi connectivity index (χ3v) is 3.56. The number of hydrogen-bond donors (Lipinski definition) is 1. The Morgan fingerprint density at radius 1 is 1.09 bits per heavy atom. The highest BCUT2D eigenvalue weighted by atomic mass is 16.5. The summed E-state index contributed by atoms with van der Waals surface area (Å²) in [5.74, 6) is 0.904. The normalized spacial score (nSPS) is 11.8. The molecule has 3 heteroatoms. The Morgan fingerprint density at radius 3 is 2.36 bits per heavy atom. The monoisotopic (exact) mass is 297 g/mol. The highest BCUT2D eigenvalue weighted by molar-refractivity contribution is 5.84. The lowest BCUT2D eigenvalue weighted by atomic mass is 9.87. The minimum atomic E-state index is 0.161. The van der Waals surface area contributed by atoms with Gasteiger partial charge in [0.1, 0.15) is 11.5 Å². The van der Waals surface area contributed by atoms with Gasteiger partial charge >= 0.3 is 0 Å². The molecule has 22 heavy (non-hydrogen) atoms.